The molecular weight excluding hydrogens is 314 g/mol. The fraction of sp³-hybridized carbons (Fsp3) is 0.526. The molecule has 0 N–H and O–H groups in total. The lowest BCUT2D eigenvalue weighted by Gasteiger charge is -2.33. The van der Waals surface area contributed by atoms with Crippen molar-refractivity contribution in [2.24, 2.45) is 5.92 Å². The summed E-state index contributed by atoms with van der Waals surface area (Å²) in [6.07, 6.45) is 5.65. The summed E-state index contributed by atoms with van der Waals surface area (Å²) in [7, 11) is 1.89. The second-order valence-corrected chi connectivity index (χ2v) is 7.10. The molecule has 1 saturated heterocycles. The van der Waals surface area contributed by atoms with Crippen molar-refractivity contribution in [2.45, 2.75) is 32.9 Å². The van der Waals surface area contributed by atoms with Gasteiger partial charge in [-0.3, -0.25) is 14.4 Å². The van der Waals surface area contributed by atoms with Crippen LogP contribution in [-0.4, -0.2) is 57.2 Å². The highest BCUT2D eigenvalue weighted by atomic mass is 16.2. The number of benzene rings is 1. The minimum Gasteiger partial charge on any atom is -0.340 e. The molecule has 6 nitrogen and oxygen atoms in total. The topological polar surface area (TPSA) is 54.3 Å². The van der Waals surface area contributed by atoms with E-state index in [0.29, 0.717) is 19.0 Å². The molecule has 2 aromatic rings. The van der Waals surface area contributed by atoms with E-state index in [1.165, 1.54) is 17.5 Å². The smallest absolute Gasteiger partial charge is 0.236 e. The molecule has 0 radical (unpaired) electrons. The maximum Gasteiger partial charge on any atom is 0.236 e. The van der Waals surface area contributed by atoms with Crippen LogP contribution >= 0.6 is 0 Å². The van der Waals surface area contributed by atoms with E-state index < -0.39 is 0 Å². The number of rotatable bonds is 6. The highest BCUT2D eigenvalue weighted by Crippen LogP contribution is 2.18. The van der Waals surface area contributed by atoms with Crippen LogP contribution in [0.15, 0.2) is 36.9 Å². The number of aryl methyl sites for hydroxylation is 1. The van der Waals surface area contributed by atoms with Crippen LogP contribution in [0, 0.1) is 12.8 Å². The van der Waals surface area contributed by atoms with Crippen LogP contribution < -0.4 is 0 Å². The van der Waals surface area contributed by atoms with E-state index in [1.807, 2.05) is 16.6 Å². The molecule has 6 heteroatoms. The Labute approximate surface area is 149 Å². The molecule has 3 rings (SSSR count). The van der Waals surface area contributed by atoms with Crippen LogP contribution in [0.25, 0.3) is 0 Å². The predicted molar refractivity (Wildman–Crippen MR) is 96.8 cm³/mol. The molecule has 0 bridgehead atoms. The van der Waals surface area contributed by atoms with Gasteiger partial charge in [0.05, 0.1) is 6.54 Å². The average molecular weight is 341 g/mol. The molecule has 1 fully saturated rings. The zero-order chi connectivity index (χ0) is 17.6. The van der Waals surface area contributed by atoms with Crippen LogP contribution in [0.2, 0.25) is 0 Å². The molecule has 1 aliphatic rings. The number of amides is 1. The second-order valence-electron chi connectivity index (χ2n) is 7.10. The summed E-state index contributed by atoms with van der Waals surface area (Å²) in [5, 5.41) is 4.19. The number of carbonyl (C=O) groups excluding carboxylic acids is 1. The molecule has 1 aromatic heterocycles. The maximum absolute atomic E-state index is 12.6. The van der Waals surface area contributed by atoms with Crippen molar-refractivity contribution in [1.82, 2.24) is 24.6 Å². The Morgan fingerprint density at radius 2 is 2.12 bits per heavy atom. The molecule has 1 amide bonds. The summed E-state index contributed by atoms with van der Waals surface area (Å²) in [5.74, 6) is 0.715. The van der Waals surface area contributed by atoms with Gasteiger partial charge in [-0.15, -0.1) is 0 Å². The molecule has 0 spiro atoms. The van der Waals surface area contributed by atoms with Gasteiger partial charge >= 0.3 is 0 Å². The maximum atomic E-state index is 12.6. The number of nitrogens with zero attached hydrogens (tertiary/aromatic N) is 5. The average Bonchev–Trinajstić information content (AvgIpc) is 3.10. The molecule has 1 aliphatic heterocycles. The Kier molecular flexibility index (Phi) is 5.81. The zero-order valence-electron chi connectivity index (χ0n) is 15.1. The normalized spacial score (nSPS) is 18.2. The van der Waals surface area contributed by atoms with Crippen molar-refractivity contribution < 1.29 is 4.79 Å². The van der Waals surface area contributed by atoms with Crippen molar-refractivity contribution in [1.29, 1.82) is 0 Å². The van der Waals surface area contributed by atoms with Gasteiger partial charge in [-0.1, -0.05) is 29.8 Å². The van der Waals surface area contributed by atoms with E-state index in [1.54, 1.807) is 12.7 Å². The van der Waals surface area contributed by atoms with E-state index in [4.69, 9.17) is 0 Å². The third-order valence-corrected chi connectivity index (χ3v) is 4.84. The summed E-state index contributed by atoms with van der Waals surface area (Å²) >= 11 is 0. The van der Waals surface area contributed by atoms with Gasteiger partial charge in [-0.05, 0) is 37.8 Å². The summed E-state index contributed by atoms with van der Waals surface area (Å²) in [6.45, 7) is 6.06. The van der Waals surface area contributed by atoms with Gasteiger partial charge in [-0.25, -0.2) is 4.98 Å². The Bertz CT molecular complexity index is 668. The Morgan fingerprint density at radius 1 is 1.32 bits per heavy atom. The molecule has 1 aromatic carbocycles. The fourth-order valence-electron chi connectivity index (χ4n) is 3.40. The number of likely N-dealkylation sites (N-methyl/N-ethyl adjacent to an activating group) is 1. The van der Waals surface area contributed by atoms with Crippen molar-refractivity contribution in [3.8, 4) is 0 Å². The van der Waals surface area contributed by atoms with E-state index in [0.717, 1.165) is 26.1 Å². The van der Waals surface area contributed by atoms with Crippen LogP contribution in [-0.2, 0) is 17.9 Å². The van der Waals surface area contributed by atoms with E-state index >= 15 is 0 Å². The number of piperidine rings is 1. The number of carbonyl (C=O) groups is 1. The summed E-state index contributed by atoms with van der Waals surface area (Å²) < 4.78 is 1.89. The Morgan fingerprint density at radius 3 is 2.84 bits per heavy atom. The molecular formula is C19H27N5O. The molecule has 0 aliphatic carbocycles. The van der Waals surface area contributed by atoms with Crippen molar-refractivity contribution in [2.75, 3.05) is 26.7 Å². The molecule has 0 unspecified atom stereocenters. The SMILES string of the molecule is Cc1ccc(CN(C)C(=O)CN2CCC[C@@H](Cn3cncn3)C2)cc1. The van der Waals surface area contributed by atoms with Crippen LogP contribution in [0.3, 0.4) is 0 Å². The summed E-state index contributed by atoms with van der Waals surface area (Å²) in [4.78, 5) is 20.7. The third-order valence-electron chi connectivity index (χ3n) is 4.84. The quantitative estimate of drug-likeness (QED) is 0.806. The first-order chi connectivity index (χ1) is 12.1. The minimum absolute atomic E-state index is 0.182. The molecule has 2 heterocycles. The zero-order valence-corrected chi connectivity index (χ0v) is 15.1. The number of aromatic nitrogens is 3. The first-order valence-corrected chi connectivity index (χ1v) is 8.94. The summed E-state index contributed by atoms with van der Waals surface area (Å²) in [6, 6.07) is 8.36. The van der Waals surface area contributed by atoms with Crippen molar-refractivity contribution >= 4 is 5.91 Å². The van der Waals surface area contributed by atoms with Gasteiger partial charge in [0, 0.05) is 26.7 Å². The second kappa shape index (κ2) is 8.25. The van der Waals surface area contributed by atoms with Gasteiger partial charge in [-0.2, -0.15) is 5.10 Å². The predicted octanol–water partition coefficient (Wildman–Crippen LogP) is 1.96. The van der Waals surface area contributed by atoms with Gasteiger partial charge in [0.25, 0.3) is 0 Å². The highest BCUT2D eigenvalue weighted by molar-refractivity contribution is 5.78. The third kappa shape index (κ3) is 5.13. The van der Waals surface area contributed by atoms with Crippen LogP contribution in [0.4, 0.5) is 0 Å². The fourth-order valence-corrected chi connectivity index (χ4v) is 3.40. The first-order valence-electron chi connectivity index (χ1n) is 8.94. The lowest BCUT2D eigenvalue weighted by Crippen LogP contribution is -2.43. The standard InChI is InChI=1S/C19H27N5O/c1-16-5-7-17(8-6-16)10-22(2)19(25)13-23-9-3-4-18(11-23)12-24-15-20-14-21-24/h5-8,14-15,18H,3-4,9-13H2,1-2H3/t18-/m1/s1. The lowest BCUT2D eigenvalue weighted by molar-refractivity contribution is -0.132. The van der Waals surface area contributed by atoms with Gasteiger partial charge in [0.15, 0.2) is 0 Å². The van der Waals surface area contributed by atoms with Gasteiger partial charge in [0.2, 0.25) is 5.91 Å². The Balaban J connectivity index is 1.48. The van der Waals surface area contributed by atoms with Crippen LogP contribution in [0.5, 0.6) is 0 Å². The lowest BCUT2D eigenvalue weighted by atomic mass is 9.98. The molecule has 1 atom stereocenters. The number of likely N-dealkylation sites (tertiary alicyclic amines) is 1. The molecule has 134 valence electrons. The van der Waals surface area contributed by atoms with E-state index in [2.05, 4.69) is 46.2 Å². The van der Waals surface area contributed by atoms with Crippen molar-refractivity contribution in [3.63, 3.8) is 0 Å². The monoisotopic (exact) mass is 341 g/mol. The van der Waals surface area contributed by atoms with Crippen LogP contribution in [0.1, 0.15) is 24.0 Å². The minimum atomic E-state index is 0.182. The Hall–Kier alpha value is -2.21. The largest absolute Gasteiger partial charge is 0.340 e. The first kappa shape index (κ1) is 17.6. The van der Waals surface area contributed by atoms with E-state index in [-0.39, 0.29) is 5.91 Å². The van der Waals surface area contributed by atoms with Gasteiger partial charge < -0.3 is 4.90 Å². The molecule has 25 heavy (non-hydrogen) atoms. The van der Waals surface area contributed by atoms with Gasteiger partial charge in [0.1, 0.15) is 12.7 Å². The number of hydrogen-bond acceptors (Lipinski definition) is 4. The summed E-state index contributed by atoms with van der Waals surface area (Å²) in [5.41, 5.74) is 2.41. The molecule has 0 saturated carbocycles. The van der Waals surface area contributed by atoms with E-state index in [9.17, 15) is 4.79 Å². The number of hydrogen-bond donors (Lipinski definition) is 0. The van der Waals surface area contributed by atoms with Crippen molar-refractivity contribution in [3.05, 3.63) is 48.0 Å². The highest BCUT2D eigenvalue weighted by Gasteiger charge is 2.23.